The Morgan fingerprint density at radius 2 is 1.90 bits per heavy atom. The maximum Gasteiger partial charge on any atom is 0.313 e. The fourth-order valence-electron chi connectivity index (χ4n) is 1.47. The highest BCUT2D eigenvalue weighted by Crippen LogP contribution is 2.08. The fourth-order valence-corrected chi connectivity index (χ4v) is 1.47. The summed E-state index contributed by atoms with van der Waals surface area (Å²) in [6.07, 6.45) is 0.365. The van der Waals surface area contributed by atoms with Gasteiger partial charge in [0.1, 0.15) is 0 Å². The van der Waals surface area contributed by atoms with Gasteiger partial charge >= 0.3 is 11.8 Å². The second kappa shape index (κ2) is 7.62. The number of rotatable bonds is 6. The summed E-state index contributed by atoms with van der Waals surface area (Å²) < 4.78 is 4.86. The molecule has 0 aliphatic heterocycles. The van der Waals surface area contributed by atoms with Crippen LogP contribution in [0.1, 0.15) is 13.3 Å². The third-order valence-corrected chi connectivity index (χ3v) is 2.71. The molecule has 6 heteroatoms. The molecule has 0 fully saturated rings. The Hall–Kier alpha value is -1.92. The zero-order chi connectivity index (χ0) is 15.0. The van der Waals surface area contributed by atoms with Crippen LogP contribution in [0.4, 0.5) is 5.69 Å². The molecule has 0 aliphatic carbocycles. The van der Waals surface area contributed by atoms with E-state index in [4.69, 9.17) is 4.74 Å². The largest absolute Gasteiger partial charge is 0.388 e. The first kappa shape index (κ1) is 16.1. The topological polar surface area (TPSA) is 87.7 Å². The molecule has 0 bridgehead atoms. The summed E-state index contributed by atoms with van der Waals surface area (Å²) in [4.78, 5) is 23.2. The lowest BCUT2D eigenvalue weighted by Crippen LogP contribution is -2.45. The highest BCUT2D eigenvalue weighted by molar-refractivity contribution is 6.39. The summed E-state index contributed by atoms with van der Waals surface area (Å²) in [5.74, 6) is -1.55. The van der Waals surface area contributed by atoms with Crippen LogP contribution < -0.4 is 10.6 Å². The van der Waals surface area contributed by atoms with E-state index in [-0.39, 0.29) is 6.54 Å². The molecule has 0 saturated heterocycles. The van der Waals surface area contributed by atoms with E-state index in [1.54, 1.807) is 31.2 Å². The summed E-state index contributed by atoms with van der Waals surface area (Å²) in [6.45, 7) is 1.93. The van der Waals surface area contributed by atoms with Gasteiger partial charge in [-0.25, -0.2) is 0 Å². The van der Waals surface area contributed by atoms with E-state index in [1.807, 2.05) is 6.07 Å². The van der Waals surface area contributed by atoms with E-state index in [0.717, 1.165) is 0 Å². The zero-order valence-corrected chi connectivity index (χ0v) is 11.7. The van der Waals surface area contributed by atoms with Crippen molar-refractivity contribution >= 4 is 17.5 Å². The van der Waals surface area contributed by atoms with Gasteiger partial charge in [-0.05, 0) is 19.1 Å². The number of carbonyl (C=O) groups is 2. The average Bonchev–Trinajstić information content (AvgIpc) is 2.44. The van der Waals surface area contributed by atoms with Crippen LogP contribution in [-0.2, 0) is 14.3 Å². The molecule has 0 spiro atoms. The molecule has 0 saturated carbocycles. The zero-order valence-electron chi connectivity index (χ0n) is 11.7. The average molecular weight is 280 g/mol. The molecule has 1 aromatic rings. The predicted octanol–water partition coefficient (Wildman–Crippen LogP) is 0.529. The molecule has 1 rings (SSSR count). The van der Waals surface area contributed by atoms with E-state index in [9.17, 15) is 14.7 Å². The SMILES string of the molecule is COCCC(C)(O)CNC(=O)C(=O)Nc1ccccc1. The Balaban J connectivity index is 2.40. The lowest BCUT2D eigenvalue weighted by Gasteiger charge is -2.22. The molecular formula is C14H20N2O4. The predicted molar refractivity (Wildman–Crippen MR) is 75.2 cm³/mol. The van der Waals surface area contributed by atoms with Gasteiger partial charge in [0.25, 0.3) is 0 Å². The van der Waals surface area contributed by atoms with Crippen LogP contribution >= 0.6 is 0 Å². The third-order valence-electron chi connectivity index (χ3n) is 2.71. The van der Waals surface area contributed by atoms with Crippen molar-refractivity contribution < 1.29 is 19.4 Å². The van der Waals surface area contributed by atoms with Crippen LogP contribution in [0.3, 0.4) is 0 Å². The Kier molecular flexibility index (Phi) is 6.14. The number of carbonyl (C=O) groups excluding carboxylic acids is 2. The molecule has 1 atom stereocenters. The van der Waals surface area contributed by atoms with Crippen molar-refractivity contribution in [3.05, 3.63) is 30.3 Å². The van der Waals surface area contributed by atoms with Gasteiger partial charge in [0.2, 0.25) is 0 Å². The summed E-state index contributed by atoms with van der Waals surface area (Å²) in [7, 11) is 1.53. The van der Waals surface area contributed by atoms with Gasteiger partial charge in [-0.15, -0.1) is 0 Å². The molecule has 3 N–H and O–H groups in total. The number of hydrogen-bond donors (Lipinski definition) is 3. The van der Waals surface area contributed by atoms with Crippen LogP contribution in [0.5, 0.6) is 0 Å². The van der Waals surface area contributed by atoms with Crippen molar-refractivity contribution in [3.63, 3.8) is 0 Å². The normalized spacial score (nSPS) is 13.3. The van der Waals surface area contributed by atoms with Crippen molar-refractivity contribution in [3.8, 4) is 0 Å². The van der Waals surface area contributed by atoms with E-state index < -0.39 is 17.4 Å². The number of benzene rings is 1. The summed E-state index contributed by atoms with van der Waals surface area (Å²) >= 11 is 0. The summed E-state index contributed by atoms with van der Waals surface area (Å²) in [5.41, 5.74) is -0.572. The minimum absolute atomic E-state index is 0.0165. The van der Waals surface area contributed by atoms with E-state index >= 15 is 0 Å². The molecule has 6 nitrogen and oxygen atoms in total. The standard InChI is InChI=1S/C14H20N2O4/c1-14(19,8-9-20-2)10-15-12(17)13(18)16-11-6-4-3-5-7-11/h3-7,19H,8-10H2,1-2H3,(H,15,17)(H,16,18). The van der Waals surface area contributed by atoms with Crippen LogP contribution in [0, 0.1) is 0 Å². The second-order valence-corrected chi connectivity index (χ2v) is 4.74. The Bertz CT molecular complexity index is 446. The van der Waals surface area contributed by atoms with E-state index in [2.05, 4.69) is 10.6 Å². The van der Waals surface area contributed by atoms with Crippen molar-refractivity contribution in [2.75, 3.05) is 25.6 Å². The molecule has 0 radical (unpaired) electrons. The molecule has 20 heavy (non-hydrogen) atoms. The molecule has 2 amide bonds. The Morgan fingerprint density at radius 1 is 1.25 bits per heavy atom. The van der Waals surface area contributed by atoms with Crippen LogP contribution in [0.15, 0.2) is 30.3 Å². The fraction of sp³-hybridized carbons (Fsp3) is 0.429. The first-order valence-corrected chi connectivity index (χ1v) is 6.30. The monoisotopic (exact) mass is 280 g/mol. The molecule has 0 aliphatic rings. The number of para-hydroxylation sites is 1. The molecule has 0 aromatic heterocycles. The van der Waals surface area contributed by atoms with Crippen LogP contribution in [-0.4, -0.2) is 42.8 Å². The summed E-state index contributed by atoms with van der Waals surface area (Å²) in [5, 5.41) is 14.8. The molecule has 110 valence electrons. The lowest BCUT2D eigenvalue weighted by atomic mass is 10.0. The molecule has 0 heterocycles. The van der Waals surface area contributed by atoms with Gasteiger partial charge in [0.05, 0.1) is 5.60 Å². The van der Waals surface area contributed by atoms with Gasteiger partial charge in [0.15, 0.2) is 0 Å². The maximum absolute atomic E-state index is 11.6. The smallest absolute Gasteiger partial charge is 0.313 e. The molecule has 1 unspecified atom stereocenters. The van der Waals surface area contributed by atoms with Gasteiger partial charge in [-0.1, -0.05) is 18.2 Å². The van der Waals surface area contributed by atoms with E-state index in [0.29, 0.717) is 18.7 Å². The van der Waals surface area contributed by atoms with Crippen molar-refractivity contribution in [2.24, 2.45) is 0 Å². The highest BCUT2D eigenvalue weighted by Gasteiger charge is 2.23. The number of aliphatic hydroxyl groups is 1. The molecule has 1 aromatic carbocycles. The number of amides is 2. The van der Waals surface area contributed by atoms with Crippen LogP contribution in [0.2, 0.25) is 0 Å². The maximum atomic E-state index is 11.6. The Morgan fingerprint density at radius 3 is 2.50 bits per heavy atom. The first-order chi connectivity index (χ1) is 9.44. The van der Waals surface area contributed by atoms with Gasteiger partial charge in [-0.3, -0.25) is 9.59 Å². The minimum atomic E-state index is -1.11. The minimum Gasteiger partial charge on any atom is -0.388 e. The summed E-state index contributed by atoms with van der Waals surface area (Å²) in [6, 6.07) is 8.68. The number of anilines is 1. The van der Waals surface area contributed by atoms with Gasteiger partial charge in [-0.2, -0.15) is 0 Å². The number of methoxy groups -OCH3 is 1. The van der Waals surface area contributed by atoms with Crippen LogP contribution in [0.25, 0.3) is 0 Å². The highest BCUT2D eigenvalue weighted by atomic mass is 16.5. The van der Waals surface area contributed by atoms with Crippen molar-refractivity contribution in [1.29, 1.82) is 0 Å². The van der Waals surface area contributed by atoms with Crippen molar-refractivity contribution in [1.82, 2.24) is 5.32 Å². The van der Waals surface area contributed by atoms with Gasteiger partial charge < -0.3 is 20.5 Å². The number of ether oxygens (including phenoxy) is 1. The second-order valence-electron chi connectivity index (χ2n) is 4.74. The Labute approximate surface area is 118 Å². The third kappa shape index (κ3) is 5.81. The number of hydrogen-bond acceptors (Lipinski definition) is 4. The van der Waals surface area contributed by atoms with E-state index in [1.165, 1.54) is 7.11 Å². The first-order valence-electron chi connectivity index (χ1n) is 6.30. The van der Waals surface area contributed by atoms with Crippen molar-refractivity contribution in [2.45, 2.75) is 18.9 Å². The quantitative estimate of drug-likeness (QED) is 0.663. The number of nitrogens with one attached hydrogen (secondary N) is 2. The molecular weight excluding hydrogens is 260 g/mol. The van der Waals surface area contributed by atoms with Gasteiger partial charge in [0, 0.05) is 32.4 Å². The lowest BCUT2D eigenvalue weighted by molar-refractivity contribution is -0.136.